The minimum atomic E-state index is -1.00. The summed E-state index contributed by atoms with van der Waals surface area (Å²) in [7, 11) is 1.51. The average Bonchev–Trinajstić information content (AvgIpc) is 2.95. The van der Waals surface area contributed by atoms with Crippen LogP contribution in [0, 0.1) is 4.91 Å². The van der Waals surface area contributed by atoms with E-state index in [2.05, 4.69) is 15.2 Å². The summed E-state index contributed by atoms with van der Waals surface area (Å²) in [4.78, 5) is 56.6. The number of benzene rings is 2. The molecule has 14 heteroatoms. The van der Waals surface area contributed by atoms with Gasteiger partial charge in [-0.2, -0.15) is 4.68 Å². The van der Waals surface area contributed by atoms with Crippen LogP contribution in [0.25, 0.3) is 0 Å². The molecule has 2 heterocycles. The number of hydrogen-bond donors (Lipinski definition) is 1. The number of nitrogens with two attached hydrogens (primary N) is 1. The zero-order valence-electron chi connectivity index (χ0n) is 20.6. The fraction of sp³-hybridized carbons (Fsp3) is 0.160. The predicted octanol–water partition coefficient (Wildman–Crippen LogP) is 2.34. The number of aromatic nitrogens is 4. The number of pyridine rings is 1. The van der Waals surface area contributed by atoms with Crippen LogP contribution < -0.4 is 32.3 Å². The maximum absolute atomic E-state index is 13.3. The van der Waals surface area contributed by atoms with Crippen molar-refractivity contribution < 1.29 is 14.3 Å². The van der Waals surface area contributed by atoms with E-state index >= 15 is 0 Å². The molecule has 2 aromatic heterocycles. The van der Waals surface area contributed by atoms with Crippen molar-refractivity contribution >= 4 is 23.2 Å². The van der Waals surface area contributed by atoms with Crippen LogP contribution in [0.4, 0.5) is 5.69 Å². The second-order valence-electron chi connectivity index (χ2n) is 8.08. The third kappa shape index (κ3) is 6.45. The Labute approximate surface area is 225 Å². The van der Waals surface area contributed by atoms with Crippen LogP contribution in [-0.2, 0) is 17.9 Å². The van der Waals surface area contributed by atoms with Gasteiger partial charge in [-0.15, -0.1) is 4.91 Å². The van der Waals surface area contributed by atoms with Crippen LogP contribution >= 0.6 is 11.6 Å². The van der Waals surface area contributed by atoms with Crippen LogP contribution in [0.1, 0.15) is 12.0 Å². The first-order chi connectivity index (χ1) is 18.8. The molecule has 0 saturated heterocycles. The number of amides is 1. The first-order valence-corrected chi connectivity index (χ1v) is 11.8. The van der Waals surface area contributed by atoms with Gasteiger partial charge in [0, 0.05) is 22.8 Å². The number of nitrogen functional groups attached to an aromatic ring is 1. The summed E-state index contributed by atoms with van der Waals surface area (Å²) in [5, 5.41) is 2.80. The minimum Gasteiger partial charge on any atom is -0.481 e. The summed E-state index contributed by atoms with van der Waals surface area (Å²) >= 11 is 5.98. The van der Waals surface area contributed by atoms with E-state index < -0.39 is 23.7 Å². The van der Waals surface area contributed by atoms with E-state index in [1.54, 1.807) is 60.7 Å². The van der Waals surface area contributed by atoms with E-state index in [-0.39, 0.29) is 18.7 Å². The van der Waals surface area contributed by atoms with E-state index in [1.807, 2.05) is 0 Å². The van der Waals surface area contributed by atoms with Gasteiger partial charge in [-0.05, 0) is 48.0 Å². The predicted molar refractivity (Wildman–Crippen MR) is 142 cm³/mol. The van der Waals surface area contributed by atoms with E-state index in [9.17, 15) is 19.3 Å². The average molecular weight is 552 g/mol. The highest BCUT2D eigenvalue weighted by atomic mass is 35.5. The number of nitroso groups, excluding NO2 is 1. The number of methoxy groups -OCH3 is 1. The van der Waals surface area contributed by atoms with Crippen molar-refractivity contribution in [3.8, 4) is 17.4 Å². The lowest BCUT2D eigenvalue weighted by atomic mass is 10.2. The van der Waals surface area contributed by atoms with Crippen LogP contribution in [0.5, 0.6) is 17.4 Å². The van der Waals surface area contributed by atoms with Crippen molar-refractivity contribution in [1.29, 1.82) is 0 Å². The van der Waals surface area contributed by atoms with Crippen molar-refractivity contribution in [3.63, 3.8) is 0 Å². The second kappa shape index (κ2) is 12.0. The van der Waals surface area contributed by atoms with Crippen molar-refractivity contribution in [2.24, 2.45) is 10.2 Å². The summed E-state index contributed by atoms with van der Waals surface area (Å²) in [5.74, 6) is 6.49. The quantitative estimate of drug-likeness (QED) is 0.244. The first kappa shape index (κ1) is 27.0. The molecule has 0 spiro atoms. The highest BCUT2D eigenvalue weighted by Gasteiger charge is 2.15. The normalized spacial score (nSPS) is 11.3. The van der Waals surface area contributed by atoms with Crippen LogP contribution in [-0.4, -0.2) is 31.8 Å². The topological polar surface area (TPSA) is 165 Å². The number of carbonyl (C=O) groups is 1. The second-order valence-corrected chi connectivity index (χ2v) is 8.51. The number of ether oxygens (including phenoxy) is 2. The Balaban J connectivity index is 1.74. The molecule has 13 nitrogen and oxygen atoms in total. The molecule has 0 unspecified atom stereocenters. The van der Waals surface area contributed by atoms with E-state index in [1.165, 1.54) is 17.9 Å². The smallest absolute Gasteiger partial charge is 0.353 e. The molecule has 0 saturated carbocycles. The van der Waals surface area contributed by atoms with Gasteiger partial charge in [-0.1, -0.05) is 23.7 Å². The summed E-state index contributed by atoms with van der Waals surface area (Å²) in [6.07, 6.45) is 1.07. The summed E-state index contributed by atoms with van der Waals surface area (Å²) in [6, 6.07) is 16.6. The SMILES string of the molecule is COc1ccc(Oc2ccc(/N=c3\n(N)c(=O)n(CCC(=O)N=O)c(=O)n3Cc3ccc(Cl)cc3)cc2)cn1. The van der Waals surface area contributed by atoms with Crippen LogP contribution in [0.15, 0.2) is 86.6 Å². The molecule has 0 aliphatic heterocycles. The number of halogens is 1. The van der Waals surface area contributed by atoms with Crippen molar-refractivity contribution in [3.05, 3.63) is 109 Å². The Morgan fingerprint density at radius 2 is 1.67 bits per heavy atom. The molecule has 4 rings (SSSR count). The Morgan fingerprint density at radius 3 is 2.28 bits per heavy atom. The summed E-state index contributed by atoms with van der Waals surface area (Å²) < 4.78 is 13.4. The number of nitrogens with zero attached hydrogens (tertiary/aromatic N) is 6. The lowest BCUT2D eigenvalue weighted by molar-refractivity contribution is -0.118. The van der Waals surface area contributed by atoms with Gasteiger partial charge < -0.3 is 15.3 Å². The molecule has 0 aliphatic carbocycles. The van der Waals surface area contributed by atoms with Crippen LogP contribution in [0.3, 0.4) is 0 Å². The van der Waals surface area contributed by atoms with E-state index in [4.69, 9.17) is 26.9 Å². The largest absolute Gasteiger partial charge is 0.481 e. The molecule has 200 valence electrons. The Bertz CT molecular complexity index is 1680. The van der Waals surface area contributed by atoms with E-state index in [0.29, 0.717) is 38.3 Å². The highest BCUT2D eigenvalue weighted by molar-refractivity contribution is 6.30. The van der Waals surface area contributed by atoms with Gasteiger partial charge in [0.15, 0.2) is 0 Å². The fourth-order valence-electron chi connectivity index (χ4n) is 3.52. The summed E-state index contributed by atoms with van der Waals surface area (Å²) in [5.41, 5.74) is -0.802. The van der Waals surface area contributed by atoms with Gasteiger partial charge >= 0.3 is 11.4 Å². The maximum atomic E-state index is 13.3. The molecular weight excluding hydrogens is 530 g/mol. The Morgan fingerprint density at radius 1 is 0.974 bits per heavy atom. The van der Waals surface area contributed by atoms with E-state index in [0.717, 1.165) is 4.57 Å². The third-order valence-electron chi connectivity index (χ3n) is 5.48. The van der Waals surface area contributed by atoms with Gasteiger partial charge in [0.1, 0.15) is 11.5 Å². The molecule has 0 bridgehead atoms. The molecule has 1 amide bonds. The van der Waals surface area contributed by atoms with Gasteiger partial charge in [0.2, 0.25) is 11.5 Å². The molecule has 4 aromatic rings. The lowest BCUT2D eigenvalue weighted by Crippen LogP contribution is -2.57. The molecule has 0 radical (unpaired) electrons. The van der Waals surface area contributed by atoms with Gasteiger partial charge in [-0.3, -0.25) is 9.36 Å². The number of carbonyl (C=O) groups excluding carboxylic acids is 1. The summed E-state index contributed by atoms with van der Waals surface area (Å²) in [6.45, 7) is -0.398. The lowest BCUT2D eigenvalue weighted by Gasteiger charge is -2.14. The maximum Gasteiger partial charge on any atom is 0.353 e. The van der Waals surface area contributed by atoms with Crippen LogP contribution in [0.2, 0.25) is 5.02 Å². The number of hydrogen-bond acceptors (Lipinski definition) is 9. The van der Waals surface area contributed by atoms with Crippen molar-refractivity contribution in [1.82, 2.24) is 18.8 Å². The Kier molecular flexibility index (Phi) is 8.31. The van der Waals surface area contributed by atoms with Crippen molar-refractivity contribution in [2.45, 2.75) is 19.5 Å². The van der Waals surface area contributed by atoms with Gasteiger partial charge in [0.25, 0.3) is 5.91 Å². The van der Waals surface area contributed by atoms with Crippen molar-refractivity contribution in [2.75, 3.05) is 13.0 Å². The molecule has 0 aliphatic rings. The molecule has 2 aromatic carbocycles. The number of rotatable bonds is 9. The molecule has 39 heavy (non-hydrogen) atoms. The highest BCUT2D eigenvalue weighted by Crippen LogP contribution is 2.24. The first-order valence-electron chi connectivity index (χ1n) is 11.4. The molecule has 0 fully saturated rings. The molecular formula is C25H22ClN7O6. The Hall–Kier alpha value is -5.04. The zero-order chi connectivity index (χ0) is 27.9. The zero-order valence-corrected chi connectivity index (χ0v) is 21.3. The standard InChI is InChI=1S/C25H22ClN7O6/c1-38-22-11-10-20(14-28-22)39-19-8-6-18(7-9-19)29-23-32(15-16-2-4-17(26)5-3-16)24(35)31(25(36)33(23)27)13-12-21(34)30-37/h2-11,14H,12-13,15,27H2,1H3/b29-23-. The van der Waals surface area contributed by atoms with Gasteiger partial charge in [0.05, 0.1) is 32.0 Å². The molecule has 0 atom stereocenters. The van der Waals surface area contributed by atoms with Gasteiger partial charge in [-0.25, -0.2) is 24.1 Å². The third-order valence-corrected chi connectivity index (χ3v) is 5.73. The minimum absolute atomic E-state index is 0.0160. The molecule has 2 N–H and O–H groups in total. The fourth-order valence-corrected chi connectivity index (χ4v) is 3.64. The monoisotopic (exact) mass is 551 g/mol.